The van der Waals surface area contributed by atoms with Crippen LogP contribution >= 0.6 is 0 Å². The second-order valence-electron chi connectivity index (χ2n) is 4.61. The standard InChI is InChI=1S/C14H16N4O2/c1-4-12-9(3)13(15)17-14(16-12)11-7-10(18(19)20)6-5-8(11)2/h5-7H,4H2,1-3H3,(H2,15,16,17). The summed E-state index contributed by atoms with van der Waals surface area (Å²) in [5.74, 6) is 0.851. The molecule has 2 N–H and O–H groups in total. The van der Waals surface area contributed by atoms with E-state index in [0.29, 0.717) is 17.2 Å². The van der Waals surface area contributed by atoms with Crippen molar-refractivity contribution in [3.05, 3.63) is 45.1 Å². The number of nitrogen functional groups attached to an aromatic ring is 1. The maximum absolute atomic E-state index is 10.9. The molecule has 1 aromatic heterocycles. The van der Waals surface area contributed by atoms with Crippen molar-refractivity contribution in [2.24, 2.45) is 0 Å². The van der Waals surface area contributed by atoms with Gasteiger partial charge in [-0.3, -0.25) is 10.1 Å². The van der Waals surface area contributed by atoms with Crippen LogP contribution in [0.15, 0.2) is 18.2 Å². The van der Waals surface area contributed by atoms with Gasteiger partial charge >= 0.3 is 0 Å². The number of non-ortho nitro benzene ring substituents is 1. The van der Waals surface area contributed by atoms with Gasteiger partial charge in [0.2, 0.25) is 0 Å². The SMILES string of the molecule is CCc1nc(-c2cc([N+](=O)[O-])ccc2C)nc(N)c1C. The molecule has 0 spiro atoms. The van der Waals surface area contributed by atoms with E-state index in [9.17, 15) is 10.1 Å². The molecule has 2 rings (SSSR count). The first-order chi connectivity index (χ1) is 9.43. The third-order valence-electron chi connectivity index (χ3n) is 3.29. The molecule has 6 heteroatoms. The minimum absolute atomic E-state index is 0.0198. The molecule has 0 bridgehead atoms. The highest BCUT2D eigenvalue weighted by Gasteiger charge is 2.14. The highest BCUT2D eigenvalue weighted by molar-refractivity contribution is 5.65. The van der Waals surface area contributed by atoms with Gasteiger partial charge < -0.3 is 5.73 Å². The normalized spacial score (nSPS) is 10.6. The minimum Gasteiger partial charge on any atom is -0.383 e. The topological polar surface area (TPSA) is 94.9 Å². The van der Waals surface area contributed by atoms with Gasteiger partial charge in [0.05, 0.1) is 4.92 Å². The summed E-state index contributed by atoms with van der Waals surface area (Å²) in [5.41, 5.74) is 9.15. The Balaban J connectivity index is 2.64. The van der Waals surface area contributed by atoms with Crippen molar-refractivity contribution >= 4 is 11.5 Å². The van der Waals surface area contributed by atoms with Crippen LogP contribution < -0.4 is 5.73 Å². The van der Waals surface area contributed by atoms with Gasteiger partial charge in [-0.1, -0.05) is 13.0 Å². The smallest absolute Gasteiger partial charge is 0.270 e. The number of anilines is 1. The summed E-state index contributed by atoms with van der Waals surface area (Å²) in [5, 5.41) is 10.9. The molecule has 0 saturated carbocycles. The molecule has 2 aromatic rings. The average Bonchev–Trinajstić information content (AvgIpc) is 2.42. The maximum atomic E-state index is 10.9. The molecule has 0 aliphatic heterocycles. The molecule has 1 heterocycles. The lowest BCUT2D eigenvalue weighted by molar-refractivity contribution is -0.384. The second-order valence-corrected chi connectivity index (χ2v) is 4.61. The van der Waals surface area contributed by atoms with Crippen molar-refractivity contribution in [3.63, 3.8) is 0 Å². The van der Waals surface area contributed by atoms with Gasteiger partial charge in [0.1, 0.15) is 5.82 Å². The molecule has 0 amide bonds. The first kappa shape index (κ1) is 13.9. The largest absolute Gasteiger partial charge is 0.383 e. The van der Waals surface area contributed by atoms with Crippen LogP contribution in [-0.4, -0.2) is 14.9 Å². The fourth-order valence-corrected chi connectivity index (χ4v) is 2.01. The Morgan fingerprint density at radius 2 is 2.00 bits per heavy atom. The first-order valence-corrected chi connectivity index (χ1v) is 6.32. The Labute approximate surface area is 116 Å². The summed E-state index contributed by atoms with van der Waals surface area (Å²) in [6.07, 6.45) is 0.736. The zero-order chi connectivity index (χ0) is 14.9. The van der Waals surface area contributed by atoms with Crippen LogP contribution in [0.25, 0.3) is 11.4 Å². The van der Waals surface area contributed by atoms with Crippen LogP contribution in [0.3, 0.4) is 0 Å². The van der Waals surface area contributed by atoms with Gasteiger partial charge in [0, 0.05) is 29.0 Å². The van der Waals surface area contributed by atoms with Gasteiger partial charge in [-0.05, 0) is 25.8 Å². The van der Waals surface area contributed by atoms with E-state index in [-0.39, 0.29) is 5.69 Å². The lowest BCUT2D eigenvalue weighted by atomic mass is 10.1. The van der Waals surface area contributed by atoms with Crippen LogP contribution in [0, 0.1) is 24.0 Å². The Bertz CT molecular complexity index is 683. The summed E-state index contributed by atoms with van der Waals surface area (Å²) < 4.78 is 0. The van der Waals surface area contributed by atoms with Crippen molar-refractivity contribution < 1.29 is 4.92 Å². The molecule has 0 aliphatic rings. The van der Waals surface area contributed by atoms with Crippen LogP contribution in [0.1, 0.15) is 23.7 Å². The molecule has 0 radical (unpaired) electrons. The van der Waals surface area contributed by atoms with Gasteiger partial charge in [-0.15, -0.1) is 0 Å². The number of nitro groups is 1. The van der Waals surface area contributed by atoms with Gasteiger partial charge in [-0.25, -0.2) is 9.97 Å². The number of nitrogens with zero attached hydrogens (tertiary/aromatic N) is 3. The highest BCUT2D eigenvalue weighted by atomic mass is 16.6. The minimum atomic E-state index is -0.429. The van der Waals surface area contributed by atoms with Crippen LogP contribution in [0.2, 0.25) is 0 Å². The molecular weight excluding hydrogens is 256 g/mol. The van der Waals surface area contributed by atoms with E-state index in [4.69, 9.17) is 5.73 Å². The van der Waals surface area contributed by atoms with Gasteiger partial charge in [0.15, 0.2) is 5.82 Å². The summed E-state index contributed by atoms with van der Waals surface area (Å²) in [6.45, 7) is 5.72. The zero-order valence-corrected chi connectivity index (χ0v) is 11.7. The van der Waals surface area contributed by atoms with E-state index in [2.05, 4.69) is 9.97 Å². The Morgan fingerprint density at radius 1 is 1.30 bits per heavy atom. The molecule has 0 saturated heterocycles. The predicted molar refractivity (Wildman–Crippen MR) is 77.4 cm³/mol. The Hall–Kier alpha value is -2.50. The fraction of sp³-hybridized carbons (Fsp3) is 0.286. The maximum Gasteiger partial charge on any atom is 0.270 e. The first-order valence-electron chi connectivity index (χ1n) is 6.32. The second kappa shape index (κ2) is 5.24. The van der Waals surface area contributed by atoms with E-state index in [1.165, 1.54) is 12.1 Å². The third kappa shape index (κ3) is 2.45. The molecule has 1 aromatic carbocycles. The zero-order valence-electron chi connectivity index (χ0n) is 11.7. The Kier molecular flexibility index (Phi) is 3.65. The van der Waals surface area contributed by atoms with Crippen LogP contribution in [0.4, 0.5) is 11.5 Å². The number of hydrogen-bond donors (Lipinski definition) is 1. The third-order valence-corrected chi connectivity index (χ3v) is 3.29. The van der Waals surface area contributed by atoms with E-state index in [0.717, 1.165) is 23.2 Å². The number of aryl methyl sites for hydroxylation is 2. The van der Waals surface area contributed by atoms with Gasteiger partial charge in [0.25, 0.3) is 5.69 Å². The van der Waals surface area contributed by atoms with Crippen molar-refractivity contribution in [3.8, 4) is 11.4 Å². The molecule has 0 aliphatic carbocycles. The van der Waals surface area contributed by atoms with Crippen molar-refractivity contribution in [1.29, 1.82) is 0 Å². The average molecular weight is 272 g/mol. The number of hydrogen-bond acceptors (Lipinski definition) is 5. The number of benzene rings is 1. The number of nitrogens with two attached hydrogens (primary N) is 1. The summed E-state index contributed by atoms with van der Waals surface area (Å²) in [7, 11) is 0. The lowest BCUT2D eigenvalue weighted by Gasteiger charge is -2.10. The molecule has 20 heavy (non-hydrogen) atoms. The van der Waals surface area contributed by atoms with Crippen molar-refractivity contribution in [1.82, 2.24) is 9.97 Å². The molecular formula is C14H16N4O2. The number of rotatable bonds is 3. The van der Waals surface area contributed by atoms with Crippen molar-refractivity contribution in [2.45, 2.75) is 27.2 Å². The lowest BCUT2D eigenvalue weighted by Crippen LogP contribution is -2.05. The van der Waals surface area contributed by atoms with E-state index in [1.807, 2.05) is 20.8 Å². The van der Waals surface area contributed by atoms with Gasteiger partial charge in [-0.2, -0.15) is 0 Å². The predicted octanol–water partition coefficient (Wildman–Crippen LogP) is 2.81. The monoisotopic (exact) mass is 272 g/mol. The molecule has 6 nitrogen and oxygen atoms in total. The molecule has 0 unspecified atom stereocenters. The molecule has 0 atom stereocenters. The summed E-state index contributed by atoms with van der Waals surface area (Å²) in [6, 6.07) is 4.65. The Morgan fingerprint density at radius 3 is 2.60 bits per heavy atom. The van der Waals surface area contributed by atoms with E-state index < -0.39 is 4.92 Å². The number of aromatic nitrogens is 2. The summed E-state index contributed by atoms with van der Waals surface area (Å²) >= 11 is 0. The van der Waals surface area contributed by atoms with Crippen LogP contribution in [0.5, 0.6) is 0 Å². The molecule has 104 valence electrons. The molecule has 0 fully saturated rings. The van der Waals surface area contributed by atoms with Crippen molar-refractivity contribution in [2.75, 3.05) is 5.73 Å². The van der Waals surface area contributed by atoms with E-state index in [1.54, 1.807) is 6.07 Å². The summed E-state index contributed by atoms with van der Waals surface area (Å²) in [4.78, 5) is 19.2. The van der Waals surface area contributed by atoms with E-state index >= 15 is 0 Å². The van der Waals surface area contributed by atoms with Crippen LogP contribution in [-0.2, 0) is 6.42 Å². The quantitative estimate of drug-likeness (QED) is 0.684. The highest BCUT2D eigenvalue weighted by Crippen LogP contribution is 2.27. The number of nitro benzene ring substituents is 1. The fourth-order valence-electron chi connectivity index (χ4n) is 2.01.